The lowest BCUT2D eigenvalue weighted by atomic mass is 9.33. The minimum Gasteiger partial charge on any atom is -0.311 e. The quantitative estimate of drug-likeness (QED) is 0.159. The van der Waals surface area contributed by atoms with Crippen molar-refractivity contribution in [2.45, 2.75) is 10.8 Å². The Kier molecular flexibility index (Phi) is 10.5. The summed E-state index contributed by atoms with van der Waals surface area (Å²) >= 11 is 0. The first-order valence-electron chi connectivity index (χ1n) is 33.7. The number of hydrogen-bond acceptors (Lipinski definition) is 2. The van der Waals surface area contributed by atoms with Gasteiger partial charge in [0.05, 0.1) is 27.6 Å². The Morgan fingerprint density at radius 2 is 0.594 bits per heavy atom. The summed E-state index contributed by atoms with van der Waals surface area (Å²) in [6.45, 7) is -0.219. The maximum absolute atomic E-state index is 2.69. The molecule has 0 atom stereocenters. The zero-order valence-electron chi connectivity index (χ0n) is 52.3. The average Bonchev–Trinajstić information content (AvgIpc) is 1.17. The molecule has 0 unspecified atom stereocenters. The van der Waals surface area contributed by atoms with Gasteiger partial charge in [0.25, 0.3) is 6.71 Å². The molecule has 442 valence electrons. The van der Waals surface area contributed by atoms with Crippen LogP contribution in [0.1, 0.15) is 44.5 Å². The van der Waals surface area contributed by atoms with Crippen LogP contribution in [0.4, 0.5) is 34.1 Å². The highest BCUT2D eigenvalue weighted by Gasteiger charge is 2.55. The highest BCUT2D eigenvalue weighted by molar-refractivity contribution is 7.00. The molecule has 6 aliphatic rings. The summed E-state index contributed by atoms with van der Waals surface area (Å²) < 4.78 is 2.53. The van der Waals surface area contributed by atoms with E-state index in [1.165, 1.54) is 155 Å². The van der Waals surface area contributed by atoms with Crippen molar-refractivity contribution in [3.8, 4) is 72.4 Å². The smallest absolute Gasteiger partial charge is 0.252 e. The van der Waals surface area contributed by atoms with E-state index in [-0.39, 0.29) is 6.71 Å². The summed E-state index contributed by atoms with van der Waals surface area (Å²) in [6, 6.07) is 130. The van der Waals surface area contributed by atoms with Gasteiger partial charge in [0.2, 0.25) is 0 Å². The molecule has 4 aliphatic carbocycles. The number of fused-ring (bicyclic) bond motifs is 27. The molecule has 96 heavy (non-hydrogen) atoms. The number of nitrogens with zero attached hydrogens (tertiary/aromatic N) is 3. The second-order valence-corrected chi connectivity index (χ2v) is 26.9. The highest BCUT2D eigenvalue weighted by Crippen LogP contribution is 2.66. The molecule has 16 aromatic rings. The normalized spacial score (nSPS) is 14.4. The summed E-state index contributed by atoms with van der Waals surface area (Å²) in [5.41, 5.74) is 38.6. The van der Waals surface area contributed by atoms with Gasteiger partial charge in [-0.05, 0) is 188 Å². The van der Waals surface area contributed by atoms with Crippen LogP contribution in [0.3, 0.4) is 0 Å². The first-order valence-corrected chi connectivity index (χ1v) is 33.7. The largest absolute Gasteiger partial charge is 0.311 e. The Morgan fingerprint density at radius 3 is 1.10 bits per heavy atom. The number of anilines is 6. The van der Waals surface area contributed by atoms with E-state index in [4.69, 9.17) is 0 Å². The fourth-order valence-electron chi connectivity index (χ4n) is 18.9. The van der Waals surface area contributed by atoms with E-state index in [0.717, 1.165) is 34.1 Å². The van der Waals surface area contributed by atoms with Crippen LogP contribution in [0.2, 0.25) is 0 Å². The lowest BCUT2D eigenvalue weighted by Crippen LogP contribution is -2.61. The molecule has 0 saturated carbocycles. The SMILES string of the molecule is c1ccc(-c2ccc(N3c4cc5c(cc4B4c6cc(-c7ccccc7)ccc6N(c6ccc7c(c6)C6(c8ccccc8-c8ccccc86)c6ccccc6-7)c6cc(-n7c8ccccc8c8ccccc87)cc3c64)C3(c4ccccc4-c4ccccc43)c3ccccc3-5)cc2)cc1. The molecule has 0 amide bonds. The molecule has 0 saturated heterocycles. The number of rotatable bonds is 5. The van der Waals surface area contributed by atoms with Crippen LogP contribution in [0, 0.1) is 0 Å². The second-order valence-electron chi connectivity index (χ2n) is 26.9. The van der Waals surface area contributed by atoms with Gasteiger partial charge in [-0.1, -0.05) is 279 Å². The molecule has 2 aliphatic heterocycles. The molecule has 1 aromatic heterocycles. The molecule has 4 heteroatoms. The predicted octanol–water partition coefficient (Wildman–Crippen LogP) is 20.9. The van der Waals surface area contributed by atoms with E-state index in [1.54, 1.807) is 0 Å². The predicted molar refractivity (Wildman–Crippen MR) is 398 cm³/mol. The van der Waals surface area contributed by atoms with E-state index in [0.29, 0.717) is 0 Å². The molecule has 0 fully saturated rings. The first kappa shape index (κ1) is 52.3. The third-order valence-electron chi connectivity index (χ3n) is 22.6. The van der Waals surface area contributed by atoms with Crippen LogP contribution in [-0.4, -0.2) is 11.3 Å². The topological polar surface area (TPSA) is 11.4 Å². The standard InChI is InChI=1S/C92H56BN3/c1-3-23-57(24-4-1)59-43-46-61(47-44-59)94-87-55-73-69-32-12-20-40-79(69)92(76-37-17-9-29-66(76)67-30-10-18-38-77(67)92)81(73)56-83(87)93-82-51-60(58-25-5-2-6-26-58)45-50-86(82)95(89-54-63(53-88(94)90(89)93)96-84-41-21-13-33-71(84)72-34-14-22-42-85(72)96)62-48-49-70-68-31-11-19-39-78(68)91(80(70)52-62)74-35-15-7-27-64(74)65-28-8-16-36-75(65)91/h1-56H. The molecule has 3 heterocycles. The molecule has 0 radical (unpaired) electrons. The average molecular weight is 1210 g/mol. The zero-order valence-corrected chi connectivity index (χ0v) is 52.3. The van der Waals surface area contributed by atoms with E-state index in [2.05, 4.69) is 354 Å². The van der Waals surface area contributed by atoms with Crippen LogP contribution in [0.5, 0.6) is 0 Å². The summed E-state index contributed by atoms with van der Waals surface area (Å²) in [4.78, 5) is 5.31. The Morgan fingerprint density at radius 1 is 0.219 bits per heavy atom. The van der Waals surface area contributed by atoms with Gasteiger partial charge in [0.1, 0.15) is 0 Å². The van der Waals surface area contributed by atoms with Crippen molar-refractivity contribution in [2.75, 3.05) is 9.80 Å². The van der Waals surface area contributed by atoms with E-state index in [1.807, 2.05) is 0 Å². The van der Waals surface area contributed by atoms with Gasteiger partial charge >= 0.3 is 0 Å². The van der Waals surface area contributed by atoms with Crippen LogP contribution >= 0.6 is 0 Å². The minimum atomic E-state index is -0.565. The molecule has 22 rings (SSSR count). The Bertz CT molecular complexity index is 5900. The third kappa shape index (κ3) is 6.62. The number of hydrogen-bond donors (Lipinski definition) is 0. The van der Waals surface area contributed by atoms with E-state index < -0.39 is 10.8 Å². The summed E-state index contributed by atoms with van der Waals surface area (Å²) in [7, 11) is 0. The molecule has 0 bridgehead atoms. The molecule has 2 spiro atoms. The van der Waals surface area contributed by atoms with Crippen LogP contribution in [-0.2, 0) is 10.8 Å². The summed E-state index contributed by atoms with van der Waals surface area (Å²) in [6.07, 6.45) is 0. The molecule has 3 nitrogen and oxygen atoms in total. The van der Waals surface area contributed by atoms with Gasteiger partial charge in [-0.25, -0.2) is 0 Å². The van der Waals surface area contributed by atoms with Gasteiger partial charge in [0.15, 0.2) is 0 Å². The van der Waals surface area contributed by atoms with Crippen molar-refractivity contribution in [1.29, 1.82) is 0 Å². The number of para-hydroxylation sites is 2. The number of benzene rings is 15. The van der Waals surface area contributed by atoms with Crippen molar-refractivity contribution >= 4 is 79.0 Å². The van der Waals surface area contributed by atoms with Gasteiger partial charge in [-0.15, -0.1) is 0 Å². The summed E-state index contributed by atoms with van der Waals surface area (Å²) in [5.74, 6) is 0. The minimum absolute atomic E-state index is 0.219. The van der Waals surface area contributed by atoms with E-state index in [9.17, 15) is 0 Å². The van der Waals surface area contributed by atoms with Crippen LogP contribution in [0.25, 0.3) is 94.3 Å². The van der Waals surface area contributed by atoms with Gasteiger partial charge in [-0.2, -0.15) is 0 Å². The van der Waals surface area contributed by atoms with Crippen LogP contribution in [0.15, 0.2) is 340 Å². The Balaban J connectivity index is 0.887. The van der Waals surface area contributed by atoms with Crippen molar-refractivity contribution < 1.29 is 0 Å². The fourth-order valence-corrected chi connectivity index (χ4v) is 18.9. The van der Waals surface area contributed by atoms with Crippen LogP contribution < -0.4 is 26.2 Å². The monoisotopic (exact) mass is 1210 g/mol. The lowest BCUT2D eigenvalue weighted by molar-refractivity contribution is 0.793. The molecular weight excluding hydrogens is 1160 g/mol. The maximum Gasteiger partial charge on any atom is 0.252 e. The molecular formula is C92H56BN3. The van der Waals surface area contributed by atoms with Gasteiger partial charge in [-0.3, -0.25) is 0 Å². The van der Waals surface area contributed by atoms with Crippen molar-refractivity contribution in [3.63, 3.8) is 0 Å². The van der Waals surface area contributed by atoms with Gasteiger partial charge in [0, 0.05) is 44.9 Å². The van der Waals surface area contributed by atoms with Crippen molar-refractivity contribution in [1.82, 2.24) is 4.57 Å². The van der Waals surface area contributed by atoms with Crippen molar-refractivity contribution in [3.05, 3.63) is 384 Å². The maximum atomic E-state index is 2.69. The first-order chi connectivity index (χ1) is 47.6. The Hall–Kier alpha value is -12.2. The molecule has 15 aromatic carbocycles. The third-order valence-corrected chi connectivity index (χ3v) is 22.6. The second kappa shape index (κ2) is 19.2. The van der Waals surface area contributed by atoms with Gasteiger partial charge < -0.3 is 14.4 Å². The van der Waals surface area contributed by atoms with Crippen molar-refractivity contribution in [2.24, 2.45) is 0 Å². The summed E-state index contributed by atoms with van der Waals surface area (Å²) in [5, 5.41) is 2.45. The lowest BCUT2D eigenvalue weighted by Gasteiger charge is -2.45. The zero-order chi connectivity index (χ0) is 62.5. The highest BCUT2D eigenvalue weighted by atomic mass is 15.2. The fraction of sp³-hybridized carbons (Fsp3) is 0.0217. The number of aromatic nitrogens is 1. The van der Waals surface area contributed by atoms with E-state index >= 15 is 0 Å². The molecule has 0 N–H and O–H groups in total. The Labute approximate surface area is 557 Å².